The van der Waals surface area contributed by atoms with Crippen molar-refractivity contribution in [2.75, 3.05) is 33.2 Å². The molecule has 3 aliphatic rings. The highest BCUT2D eigenvalue weighted by Gasteiger charge is 2.28. The highest BCUT2D eigenvalue weighted by Crippen LogP contribution is 2.20. The van der Waals surface area contributed by atoms with Gasteiger partial charge in [-0.1, -0.05) is 0 Å². The molecule has 0 aromatic carbocycles. The second kappa shape index (κ2) is 7.96. The number of fused-ring (bicyclic) bond motifs is 1. The number of imidazole rings is 1. The van der Waals surface area contributed by atoms with Crippen molar-refractivity contribution >= 4 is 6.03 Å². The summed E-state index contributed by atoms with van der Waals surface area (Å²) in [4.78, 5) is 21.8. The minimum atomic E-state index is -0.00672. The molecule has 0 radical (unpaired) electrons. The van der Waals surface area contributed by atoms with Crippen molar-refractivity contribution in [3.05, 3.63) is 18.2 Å². The Hall–Kier alpha value is -1.60. The van der Waals surface area contributed by atoms with Crippen molar-refractivity contribution in [3.8, 4) is 0 Å². The van der Waals surface area contributed by atoms with Gasteiger partial charge in [-0.3, -0.25) is 0 Å². The normalized spacial score (nSPS) is 26.4. The number of nitrogens with one attached hydrogen (secondary N) is 2. The molecule has 1 unspecified atom stereocenters. The Kier molecular flexibility index (Phi) is 5.45. The fourth-order valence-corrected chi connectivity index (χ4v) is 4.66. The lowest BCUT2D eigenvalue weighted by atomic mass is 9.98. The van der Waals surface area contributed by atoms with E-state index in [2.05, 4.69) is 37.0 Å². The summed E-state index contributed by atoms with van der Waals surface area (Å²) in [7, 11) is 2.21. The van der Waals surface area contributed by atoms with Crippen LogP contribution in [-0.4, -0.2) is 76.7 Å². The summed E-state index contributed by atoms with van der Waals surface area (Å²) in [6, 6.07) is 1.24. The molecule has 7 nitrogen and oxygen atoms in total. The number of likely N-dealkylation sites (tertiary alicyclic amines) is 2. The molecule has 0 saturated carbocycles. The van der Waals surface area contributed by atoms with Crippen molar-refractivity contribution in [2.24, 2.45) is 0 Å². The molecule has 0 spiro atoms. The third-order valence-electron chi connectivity index (χ3n) is 6.35. The van der Waals surface area contributed by atoms with E-state index in [1.54, 1.807) is 0 Å². The summed E-state index contributed by atoms with van der Waals surface area (Å²) < 4.78 is 2.18. The van der Waals surface area contributed by atoms with Crippen LogP contribution in [-0.2, 0) is 13.0 Å². The zero-order valence-corrected chi connectivity index (χ0v) is 15.9. The molecule has 3 aliphatic heterocycles. The Morgan fingerprint density at radius 1 is 1.00 bits per heavy atom. The van der Waals surface area contributed by atoms with E-state index in [1.807, 2.05) is 12.4 Å². The first-order chi connectivity index (χ1) is 12.7. The summed E-state index contributed by atoms with van der Waals surface area (Å²) in [6.07, 6.45) is 10.4. The lowest BCUT2D eigenvalue weighted by molar-refractivity contribution is 0.0933. The van der Waals surface area contributed by atoms with Crippen LogP contribution < -0.4 is 10.6 Å². The molecule has 1 aromatic heterocycles. The number of carbonyl (C=O) groups excluding carboxylic acids is 1. The molecule has 2 amide bonds. The van der Waals surface area contributed by atoms with Crippen molar-refractivity contribution in [3.63, 3.8) is 0 Å². The molecule has 0 bridgehead atoms. The maximum atomic E-state index is 12.4. The number of carbonyl (C=O) groups is 1. The minimum absolute atomic E-state index is 0.00672. The Morgan fingerprint density at radius 3 is 2.46 bits per heavy atom. The van der Waals surface area contributed by atoms with E-state index in [1.165, 1.54) is 25.9 Å². The van der Waals surface area contributed by atoms with Gasteiger partial charge in [-0.2, -0.15) is 0 Å². The fourth-order valence-electron chi connectivity index (χ4n) is 4.66. The average Bonchev–Trinajstić information content (AvgIpc) is 3.11. The number of hydrogen-bond donors (Lipinski definition) is 2. The molecule has 144 valence electrons. The molecule has 2 N–H and O–H groups in total. The van der Waals surface area contributed by atoms with Gasteiger partial charge in [0.25, 0.3) is 0 Å². The monoisotopic (exact) mass is 360 g/mol. The maximum absolute atomic E-state index is 12.4. The second-order valence-electron chi connectivity index (χ2n) is 8.19. The smallest absolute Gasteiger partial charge is 0.315 e. The van der Waals surface area contributed by atoms with Crippen LogP contribution in [0.5, 0.6) is 0 Å². The lowest BCUT2D eigenvalue weighted by Gasteiger charge is -2.41. The fraction of sp³-hybridized carbons (Fsp3) is 0.789. The SMILES string of the molecule is CN1CCC(N2CCC(NC(=O)NC3CCn4ccnc4C3)CC2)CC1. The zero-order valence-electron chi connectivity index (χ0n) is 15.9. The quantitative estimate of drug-likeness (QED) is 0.846. The minimum Gasteiger partial charge on any atom is -0.335 e. The zero-order chi connectivity index (χ0) is 17.9. The van der Waals surface area contributed by atoms with Gasteiger partial charge >= 0.3 is 6.03 Å². The molecule has 2 saturated heterocycles. The maximum Gasteiger partial charge on any atom is 0.315 e. The first-order valence-corrected chi connectivity index (χ1v) is 10.2. The van der Waals surface area contributed by atoms with Gasteiger partial charge in [-0.05, 0) is 52.2 Å². The van der Waals surface area contributed by atoms with Crippen LogP contribution in [0.4, 0.5) is 4.79 Å². The number of aromatic nitrogens is 2. The summed E-state index contributed by atoms with van der Waals surface area (Å²) in [5.74, 6) is 1.08. The summed E-state index contributed by atoms with van der Waals surface area (Å²) in [5, 5.41) is 6.36. The lowest BCUT2D eigenvalue weighted by Crippen LogP contribution is -2.53. The standard InChI is InChI=1S/C19H32N6O/c1-23-8-5-17(6-9-23)24-10-2-15(3-11-24)21-19(26)22-16-4-12-25-13-7-20-18(25)14-16/h7,13,15-17H,2-6,8-12,14H2,1H3,(H2,21,22,26). The van der Waals surface area contributed by atoms with E-state index in [-0.39, 0.29) is 12.1 Å². The molecule has 4 rings (SSSR count). The molecule has 4 heterocycles. The van der Waals surface area contributed by atoms with E-state index in [0.717, 1.165) is 57.2 Å². The largest absolute Gasteiger partial charge is 0.335 e. The van der Waals surface area contributed by atoms with Gasteiger partial charge < -0.3 is 25.0 Å². The van der Waals surface area contributed by atoms with Crippen LogP contribution in [0.15, 0.2) is 12.4 Å². The number of nitrogens with zero attached hydrogens (tertiary/aromatic N) is 4. The third kappa shape index (κ3) is 4.20. The number of hydrogen-bond acceptors (Lipinski definition) is 4. The Morgan fingerprint density at radius 2 is 1.69 bits per heavy atom. The van der Waals surface area contributed by atoms with Crippen LogP contribution in [0.3, 0.4) is 0 Å². The summed E-state index contributed by atoms with van der Waals surface area (Å²) in [5.41, 5.74) is 0. The summed E-state index contributed by atoms with van der Waals surface area (Å²) in [6.45, 7) is 5.59. The highest BCUT2D eigenvalue weighted by molar-refractivity contribution is 5.74. The van der Waals surface area contributed by atoms with Crippen molar-refractivity contribution < 1.29 is 4.79 Å². The Labute approximate surface area is 156 Å². The molecule has 7 heteroatoms. The molecular weight excluding hydrogens is 328 g/mol. The van der Waals surface area contributed by atoms with Crippen LogP contribution in [0.1, 0.15) is 37.9 Å². The van der Waals surface area contributed by atoms with E-state index >= 15 is 0 Å². The number of aryl methyl sites for hydroxylation is 1. The number of amides is 2. The Bertz CT molecular complexity index is 601. The van der Waals surface area contributed by atoms with Crippen molar-refractivity contribution in [1.82, 2.24) is 30.0 Å². The van der Waals surface area contributed by atoms with Gasteiger partial charge in [0.2, 0.25) is 0 Å². The molecule has 1 atom stereocenters. The average molecular weight is 361 g/mol. The van der Waals surface area contributed by atoms with Gasteiger partial charge in [0.1, 0.15) is 5.82 Å². The van der Waals surface area contributed by atoms with Crippen LogP contribution in [0, 0.1) is 0 Å². The van der Waals surface area contributed by atoms with Crippen molar-refractivity contribution in [2.45, 2.75) is 63.2 Å². The molecular formula is C19H32N6O. The van der Waals surface area contributed by atoms with Gasteiger partial charge in [0.15, 0.2) is 0 Å². The van der Waals surface area contributed by atoms with Gasteiger partial charge in [0, 0.05) is 56.6 Å². The van der Waals surface area contributed by atoms with E-state index in [9.17, 15) is 4.79 Å². The number of piperidine rings is 2. The topological polar surface area (TPSA) is 65.4 Å². The van der Waals surface area contributed by atoms with Gasteiger partial charge in [-0.15, -0.1) is 0 Å². The highest BCUT2D eigenvalue weighted by atomic mass is 16.2. The van der Waals surface area contributed by atoms with Crippen LogP contribution in [0.2, 0.25) is 0 Å². The molecule has 0 aliphatic carbocycles. The van der Waals surface area contributed by atoms with Gasteiger partial charge in [0.05, 0.1) is 0 Å². The van der Waals surface area contributed by atoms with Crippen LogP contribution >= 0.6 is 0 Å². The third-order valence-corrected chi connectivity index (χ3v) is 6.35. The Balaban J connectivity index is 1.18. The molecule has 2 fully saturated rings. The first kappa shape index (κ1) is 17.8. The van der Waals surface area contributed by atoms with E-state index in [0.29, 0.717) is 6.04 Å². The second-order valence-corrected chi connectivity index (χ2v) is 8.19. The van der Waals surface area contributed by atoms with E-state index in [4.69, 9.17) is 0 Å². The molecule has 1 aromatic rings. The predicted molar refractivity (Wildman–Crippen MR) is 101 cm³/mol. The summed E-state index contributed by atoms with van der Waals surface area (Å²) >= 11 is 0. The van der Waals surface area contributed by atoms with Gasteiger partial charge in [-0.25, -0.2) is 9.78 Å². The van der Waals surface area contributed by atoms with E-state index < -0.39 is 0 Å². The predicted octanol–water partition coefficient (Wildman–Crippen LogP) is 1.06. The number of urea groups is 1. The first-order valence-electron chi connectivity index (χ1n) is 10.2. The van der Waals surface area contributed by atoms with Crippen LogP contribution in [0.25, 0.3) is 0 Å². The number of rotatable bonds is 3. The molecule has 26 heavy (non-hydrogen) atoms. The van der Waals surface area contributed by atoms with Crippen molar-refractivity contribution in [1.29, 1.82) is 0 Å².